The lowest BCUT2D eigenvalue weighted by Gasteiger charge is -2.36. The van der Waals surface area contributed by atoms with E-state index in [4.69, 9.17) is 12.2 Å². The van der Waals surface area contributed by atoms with E-state index in [1.807, 2.05) is 9.58 Å². The Hall–Kier alpha value is -1.77. The van der Waals surface area contributed by atoms with Gasteiger partial charge in [0.25, 0.3) is 0 Å². The van der Waals surface area contributed by atoms with Crippen LogP contribution in [0.5, 0.6) is 0 Å². The molecule has 1 aliphatic carbocycles. The monoisotopic (exact) mass is 403 g/mol. The van der Waals surface area contributed by atoms with Crippen molar-refractivity contribution >= 4 is 40.3 Å². The Balaban J connectivity index is 1.39. The minimum absolute atomic E-state index is 0.0557. The van der Waals surface area contributed by atoms with Gasteiger partial charge in [0.2, 0.25) is 11.0 Å². The summed E-state index contributed by atoms with van der Waals surface area (Å²) in [5, 5.41) is 5.40. The fourth-order valence-electron chi connectivity index (χ4n) is 3.52. The molecule has 2 heterocycles. The van der Waals surface area contributed by atoms with Gasteiger partial charge in [-0.2, -0.15) is 0 Å². The summed E-state index contributed by atoms with van der Waals surface area (Å²) in [7, 11) is 0. The summed E-state index contributed by atoms with van der Waals surface area (Å²) in [6.45, 7) is 8.37. The van der Waals surface area contributed by atoms with Crippen LogP contribution in [-0.4, -0.2) is 52.8 Å². The average molecular weight is 404 g/mol. The number of nitrogens with zero attached hydrogens (tertiary/aromatic N) is 5. The first-order chi connectivity index (χ1) is 13.0. The molecule has 2 fully saturated rings. The van der Waals surface area contributed by atoms with Gasteiger partial charge in [-0.15, -0.1) is 5.10 Å². The van der Waals surface area contributed by atoms with Gasteiger partial charge in [-0.25, -0.2) is 4.68 Å². The van der Waals surface area contributed by atoms with Gasteiger partial charge in [0.15, 0.2) is 3.95 Å². The van der Waals surface area contributed by atoms with Crippen molar-refractivity contribution in [1.29, 1.82) is 0 Å². The van der Waals surface area contributed by atoms with Gasteiger partial charge in [-0.05, 0) is 49.7 Å². The number of carbonyl (C=O) groups is 1. The van der Waals surface area contributed by atoms with Crippen LogP contribution in [0.2, 0.25) is 0 Å². The van der Waals surface area contributed by atoms with Crippen LogP contribution < -0.4 is 9.80 Å². The Morgan fingerprint density at radius 2 is 2.04 bits per heavy atom. The Kier molecular flexibility index (Phi) is 5.29. The van der Waals surface area contributed by atoms with E-state index in [1.54, 1.807) is 6.92 Å². The topological polar surface area (TPSA) is 44.6 Å². The predicted octanol–water partition coefficient (Wildman–Crippen LogP) is 3.28. The molecule has 144 valence electrons. The number of benzene rings is 1. The van der Waals surface area contributed by atoms with Crippen LogP contribution in [0.25, 0.3) is 0 Å². The van der Waals surface area contributed by atoms with Crippen LogP contribution in [0.4, 0.5) is 10.8 Å². The van der Waals surface area contributed by atoms with Gasteiger partial charge in [0.1, 0.15) is 0 Å². The molecule has 2 aromatic rings. The van der Waals surface area contributed by atoms with Gasteiger partial charge >= 0.3 is 0 Å². The lowest BCUT2D eigenvalue weighted by atomic mass is 10.2. The SMILES string of the molecule is CC(=O)N(c1nn(CN2CCN(c3cccc(C)c3)CC2)c(=S)s1)C1CC1. The molecule has 1 saturated carbocycles. The first-order valence-electron chi connectivity index (χ1n) is 9.43. The Labute approximate surface area is 169 Å². The van der Waals surface area contributed by atoms with Crippen molar-refractivity contribution in [2.45, 2.75) is 39.4 Å². The van der Waals surface area contributed by atoms with Crippen molar-refractivity contribution in [2.24, 2.45) is 0 Å². The van der Waals surface area contributed by atoms with Crippen molar-refractivity contribution < 1.29 is 4.79 Å². The normalized spacial score (nSPS) is 17.9. The number of aromatic nitrogens is 2. The van der Waals surface area contributed by atoms with Crippen molar-refractivity contribution in [3.05, 3.63) is 33.8 Å². The van der Waals surface area contributed by atoms with E-state index in [0.717, 1.165) is 48.1 Å². The predicted molar refractivity (Wildman–Crippen MR) is 112 cm³/mol. The second-order valence-electron chi connectivity index (χ2n) is 7.36. The molecule has 27 heavy (non-hydrogen) atoms. The van der Waals surface area contributed by atoms with Crippen molar-refractivity contribution in [3.8, 4) is 0 Å². The van der Waals surface area contributed by atoms with Crippen LogP contribution in [-0.2, 0) is 11.5 Å². The average Bonchev–Trinajstić information content (AvgIpc) is 3.40. The third kappa shape index (κ3) is 4.23. The number of hydrogen-bond acceptors (Lipinski definition) is 6. The lowest BCUT2D eigenvalue weighted by Crippen LogP contribution is -2.47. The highest BCUT2D eigenvalue weighted by Gasteiger charge is 2.34. The van der Waals surface area contributed by atoms with Crippen LogP contribution in [0.3, 0.4) is 0 Å². The molecule has 8 heteroatoms. The number of anilines is 2. The maximum Gasteiger partial charge on any atom is 0.225 e. The fraction of sp³-hybridized carbons (Fsp3) is 0.526. The molecule has 0 unspecified atom stereocenters. The summed E-state index contributed by atoms with van der Waals surface area (Å²) < 4.78 is 2.61. The molecule has 0 N–H and O–H groups in total. The Morgan fingerprint density at radius 3 is 2.67 bits per heavy atom. The van der Waals surface area contributed by atoms with Crippen molar-refractivity contribution in [1.82, 2.24) is 14.7 Å². The molecule has 6 nitrogen and oxygen atoms in total. The summed E-state index contributed by atoms with van der Waals surface area (Å²) >= 11 is 6.95. The molecule has 1 saturated heterocycles. The smallest absolute Gasteiger partial charge is 0.225 e. The number of aryl methyl sites for hydroxylation is 1. The second-order valence-corrected chi connectivity index (χ2v) is 8.96. The highest BCUT2D eigenvalue weighted by Crippen LogP contribution is 2.33. The minimum Gasteiger partial charge on any atom is -0.369 e. The molecule has 0 bridgehead atoms. The highest BCUT2D eigenvalue weighted by atomic mass is 32.1. The quantitative estimate of drug-likeness (QED) is 0.717. The van der Waals surface area contributed by atoms with Crippen molar-refractivity contribution in [3.63, 3.8) is 0 Å². The number of amides is 1. The summed E-state index contributed by atoms with van der Waals surface area (Å²) in [5.74, 6) is 0.0557. The zero-order chi connectivity index (χ0) is 19.0. The zero-order valence-corrected chi connectivity index (χ0v) is 17.4. The Bertz CT molecular complexity index is 880. The molecule has 2 aliphatic rings. The van der Waals surface area contributed by atoms with E-state index in [0.29, 0.717) is 12.7 Å². The van der Waals surface area contributed by atoms with Gasteiger partial charge in [-0.3, -0.25) is 14.6 Å². The summed E-state index contributed by atoms with van der Waals surface area (Å²) in [6, 6.07) is 8.99. The van der Waals surface area contributed by atoms with Gasteiger partial charge < -0.3 is 4.90 Å². The molecule has 0 spiro atoms. The molecule has 0 atom stereocenters. The van der Waals surface area contributed by atoms with E-state index in [9.17, 15) is 4.79 Å². The third-order valence-corrected chi connectivity index (χ3v) is 6.43. The van der Waals surface area contributed by atoms with Gasteiger partial charge in [-0.1, -0.05) is 23.5 Å². The zero-order valence-electron chi connectivity index (χ0n) is 15.8. The minimum atomic E-state index is 0.0557. The third-order valence-electron chi connectivity index (χ3n) is 5.13. The van der Waals surface area contributed by atoms with Gasteiger partial charge in [0, 0.05) is 44.8 Å². The second kappa shape index (κ2) is 7.69. The van der Waals surface area contributed by atoms with Crippen LogP contribution in [0.1, 0.15) is 25.3 Å². The van der Waals surface area contributed by atoms with Crippen LogP contribution in [0.15, 0.2) is 24.3 Å². The van der Waals surface area contributed by atoms with E-state index < -0.39 is 0 Å². The Morgan fingerprint density at radius 1 is 1.30 bits per heavy atom. The van der Waals surface area contributed by atoms with E-state index in [2.05, 4.69) is 46.1 Å². The lowest BCUT2D eigenvalue weighted by molar-refractivity contribution is -0.116. The van der Waals surface area contributed by atoms with Gasteiger partial charge in [0.05, 0.1) is 6.67 Å². The van der Waals surface area contributed by atoms with Crippen LogP contribution in [0, 0.1) is 10.9 Å². The van der Waals surface area contributed by atoms with Crippen LogP contribution >= 0.6 is 23.6 Å². The van der Waals surface area contributed by atoms with E-state index in [1.165, 1.54) is 22.6 Å². The summed E-state index contributed by atoms with van der Waals surface area (Å²) in [5.41, 5.74) is 2.59. The first kappa shape index (κ1) is 18.6. The summed E-state index contributed by atoms with van der Waals surface area (Å²) in [6.07, 6.45) is 2.12. The first-order valence-corrected chi connectivity index (χ1v) is 10.7. The number of rotatable bonds is 5. The maximum atomic E-state index is 12.0. The standard InChI is InChI=1S/C19H25N5OS2/c1-14-4-3-5-17(12-14)22-10-8-21(9-11-22)13-23-19(26)27-18(20-23)24(15(2)25)16-6-7-16/h3-5,12,16H,6-11,13H2,1-2H3. The fourth-order valence-corrected chi connectivity index (χ4v) is 4.72. The number of hydrogen-bond donors (Lipinski definition) is 0. The molecule has 1 amide bonds. The molecule has 4 rings (SSSR count). The largest absolute Gasteiger partial charge is 0.369 e. The maximum absolute atomic E-state index is 12.0. The van der Waals surface area contributed by atoms with E-state index >= 15 is 0 Å². The number of piperazine rings is 1. The summed E-state index contributed by atoms with van der Waals surface area (Å²) in [4.78, 5) is 18.6. The van der Waals surface area contributed by atoms with E-state index in [-0.39, 0.29) is 5.91 Å². The number of carbonyl (C=O) groups excluding carboxylic acids is 1. The molecule has 1 aromatic carbocycles. The molecular weight excluding hydrogens is 378 g/mol. The van der Waals surface area contributed by atoms with Crippen molar-refractivity contribution in [2.75, 3.05) is 36.0 Å². The molecule has 1 aliphatic heterocycles. The highest BCUT2D eigenvalue weighted by molar-refractivity contribution is 7.73. The molecular formula is C19H25N5OS2. The molecule has 1 aromatic heterocycles. The molecule has 0 radical (unpaired) electrons.